The highest BCUT2D eigenvalue weighted by Gasteiger charge is 2.34. The average Bonchev–Trinajstić information content (AvgIpc) is 3.25. The molecule has 0 saturated heterocycles. The highest BCUT2D eigenvalue weighted by Crippen LogP contribution is 2.35. The second-order valence-electron chi connectivity index (χ2n) is 8.29. The molecule has 12 heteroatoms. The number of aromatic nitrogens is 4. The molecule has 0 radical (unpaired) electrons. The van der Waals surface area contributed by atoms with Crippen molar-refractivity contribution in [3.8, 4) is 11.4 Å². The van der Waals surface area contributed by atoms with Gasteiger partial charge in [0.25, 0.3) is 11.5 Å². The van der Waals surface area contributed by atoms with Gasteiger partial charge in [-0.1, -0.05) is 11.6 Å². The van der Waals surface area contributed by atoms with Crippen molar-refractivity contribution in [2.75, 3.05) is 19.7 Å². The van der Waals surface area contributed by atoms with Gasteiger partial charge in [-0.2, -0.15) is 13.2 Å². The van der Waals surface area contributed by atoms with Crippen LogP contribution in [0.25, 0.3) is 16.6 Å². The van der Waals surface area contributed by atoms with Crippen molar-refractivity contribution in [1.29, 1.82) is 0 Å². The lowest BCUT2D eigenvalue weighted by atomic mass is 10.1. The topological polar surface area (TPSA) is 82.3 Å². The minimum absolute atomic E-state index is 0.00895. The molecule has 0 spiro atoms. The minimum Gasteiger partial charge on any atom is -0.491 e. The molecule has 0 saturated carbocycles. The number of pyridine rings is 2. The summed E-state index contributed by atoms with van der Waals surface area (Å²) in [5.74, 6) is -0.372. The summed E-state index contributed by atoms with van der Waals surface area (Å²) in [7, 11) is 0. The van der Waals surface area contributed by atoms with E-state index >= 15 is 0 Å². The first-order valence-corrected chi connectivity index (χ1v) is 11.3. The van der Waals surface area contributed by atoms with Gasteiger partial charge < -0.3 is 18.8 Å². The Labute approximate surface area is 207 Å². The van der Waals surface area contributed by atoms with E-state index in [0.717, 1.165) is 11.8 Å². The molecule has 1 aliphatic rings. The quantitative estimate of drug-likeness (QED) is 0.398. The zero-order valence-electron chi connectivity index (χ0n) is 18.9. The van der Waals surface area contributed by atoms with Crippen molar-refractivity contribution in [1.82, 2.24) is 24.0 Å². The molecule has 0 aliphatic carbocycles. The Bertz CT molecular complexity index is 1550. The van der Waals surface area contributed by atoms with Crippen molar-refractivity contribution in [2.45, 2.75) is 19.6 Å². The number of rotatable bonds is 5. The number of halogens is 4. The maximum absolute atomic E-state index is 13.3. The maximum atomic E-state index is 13.3. The van der Waals surface area contributed by atoms with E-state index in [1.165, 1.54) is 34.0 Å². The van der Waals surface area contributed by atoms with Gasteiger partial charge in [0, 0.05) is 35.8 Å². The lowest BCUT2D eigenvalue weighted by Gasteiger charge is -2.29. The number of hydrogen-bond donors (Lipinski definition) is 0. The fourth-order valence-electron chi connectivity index (χ4n) is 4.12. The number of benzene rings is 1. The fraction of sp³-hybridized carbons (Fsp3) is 0.250. The number of fused-ring (bicyclic) bond motifs is 2. The molecule has 186 valence electrons. The predicted molar refractivity (Wildman–Crippen MR) is 126 cm³/mol. The highest BCUT2D eigenvalue weighted by molar-refractivity contribution is 6.31. The van der Waals surface area contributed by atoms with Crippen LogP contribution in [0.4, 0.5) is 13.2 Å². The van der Waals surface area contributed by atoms with Gasteiger partial charge in [0.2, 0.25) is 0 Å². The molecule has 4 heterocycles. The van der Waals surface area contributed by atoms with Crippen LogP contribution in [-0.4, -0.2) is 49.6 Å². The largest absolute Gasteiger partial charge is 0.491 e. The summed E-state index contributed by atoms with van der Waals surface area (Å²) in [6.45, 7) is 2.40. The molecule has 0 fully saturated rings. The number of carbonyl (C=O) groups excluding carboxylic acids is 1. The van der Waals surface area contributed by atoms with E-state index in [4.69, 9.17) is 16.3 Å². The molecule has 0 N–H and O–H groups in total. The molecule has 0 atom stereocenters. The number of ether oxygens (including phenoxy) is 1. The summed E-state index contributed by atoms with van der Waals surface area (Å²) in [4.78, 5) is 35.2. The Kier molecular flexibility index (Phi) is 5.95. The summed E-state index contributed by atoms with van der Waals surface area (Å²) in [6.07, 6.45) is -1.41. The van der Waals surface area contributed by atoms with Gasteiger partial charge in [0.15, 0.2) is 0 Å². The molecular formula is C24H19ClF3N5O3. The van der Waals surface area contributed by atoms with E-state index in [1.807, 2.05) is 6.92 Å². The van der Waals surface area contributed by atoms with Crippen molar-refractivity contribution < 1.29 is 22.7 Å². The van der Waals surface area contributed by atoms with E-state index in [9.17, 15) is 22.8 Å². The van der Waals surface area contributed by atoms with Crippen LogP contribution in [0, 0.1) is 6.92 Å². The third-order valence-electron chi connectivity index (χ3n) is 5.89. The zero-order valence-corrected chi connectivity index (χ0v) is 19.7. The zero-order chi connectivity index (χ0) is 25.6. The van der Waals surface area contributed by atoms with E-state index < -0.39 is 11.9 Å². The Morgan fingerprint density at radius 1 is 1.11 bits per heavy atom. The van der Waals surface area contributed by atoms with Gasteiger partial charge in [-0.3, -0.25) is 9.59 Å². The lowest BCUT2D eigenvalue weighted by molar-refractivity contribution is -0.141. The number of alkyl halides is 3. The third-order valence-corrected chi connectivity index (χ3v) is 6.12. The molecule has 4 aromatic rings. The Morgan fingerprint density at radius 3 is 2.64 bits per heavy atom. The van der Waals surface area contributed by atoms with Crippen LogP contribution in [0.1, 0.15) is 21.9 Å². The van der Waals surface area contributed by atoms with Crippen molar-refractivity contribution in [2.24, 2.45) is 0 Å². The molecule has 0 unspecified atom stereocenters. The van der Waals surface area contributed by atoms with Crippen LogP contribution in [-0.2, 0) is 12.7 Å². The summed E-state index contributed by atoms with van der Waals surface area (Å²) >= 11 is 5.92. The van der Waals surface area contributed by atoms with Crippen LogP contribution >= 0.6 is 11.6 Å². The predicted octanol–water partition coefficient (Wildman–Crippen LogP) is 4.10. The molecular weight excluding hydrogens is 499 g/mol. The maximum Gasteiger partial charge on any atom is 0.433 e. The van der Waals surface area contributed by atoms with E-state index in [-0.39, 0.29) is 59.7 Å². The van der Waals surface area contributed by atoms with Gasteiger partial charge in [-0.25, -0.2) is 9.97 Å². The van der Waals surface area contributed by atoms with Gasteiger partial charge >= 0.3 is 6.18 Å². The van der Waals surface area contributed by atoms with Crippen LogP contribution < -0.4 is 10.3 Å². The molecule has 8 nitrogen and oxygen atoms in total. The minimum atomic E-state index is -4.66. The fourth-order valence-corrected chi connectivity index (χ4v) is 4.29. The number of carbonyl (C=O) groups is 1. The van der Waals surface area contributed by atoms with Gasteiger partial charge in [0.05, 0.1) is 24.1 Å². The molecule has 36 heavy (non-hydrogen) atoms. The lowest BCUT2D eigenvalue weighted by Crippen LogP contribution is -2.46. The average molecular weight is 518 g/mol. The Hall–Kier alpha value is -3.86. The van der Waals surface area contributed by atoms with E-state index in [1.54, 1.807) is 22.9 Å². The molecule has 1 amide bonds. The van der Waals surface area contributed by atoms with Crippen LogP contribution in [0.5, 0.6) is 5.75 Å². The molecule has 3 aromatic heterocycles. The first-order chi connectivity index (χ1) is 17.1. The van der Waals surface area contributed by atoms with Gasteiger partial charge in [-0.15, -0.1) is 0 Å². The highest BCUT2D eigenvalue weighted by atomic mass is 35.5. The second kappa shape index (κ2) is 8.98. The summed E-state index contributed by atoms with van der Waals surface area (Å²) in [6, 6.07) is 8.39. The van der Waals surface area contributed by atoms with Crippen LogP contribution in [0.15, 0.2) is 53.7 Å². The summed E-state index contributed by atoms with van der Waals surface area (Å²) < 4.78 is 48.7. The second-order valence-corrected chi connectivity index (χ2v) is 8.72. The van der Waals surface area contributed by atoms with E-state index in [2.05, 4.69) is 9.97 Å². The molecule has 0 bridgehead atoms. The SMILES string of the molecule is Cc1cn(-c2ccc3n(c2=O)CCN(CCOc2cc(C(F)(F)F)nc4cc(Cl)ccc24)C3=O)cn1. The van der Waals surface area contributed by atoms with Gasteiger partial charge in [0.1, 0.15) is 29.4 Å². The smallest absolute Gasteiger partial charge is 0.433 e. The summed E-state index contributed by atoms with van der Waals surface area (Å²) in [5, 5.41) is 0.621. The molecule has 5 rings (SSSR count). The van der Waals surface area contributed by atoms with Crippen molar-refractivity contribution in [3.63, 3.8) is 0 Å². The first-order valence-electron chi connectivity index (χ1n) is 11.0. The number of hydrogen-bond acceptors (Lipinski definition) is 5. The van der Waals surface area contributed by atoms with Crippen molar-refractivity contribution >= 4 is 28.4 Å². The number of imidazole rings is 1. The van der Waals surface area contributed by atoms with Crippen molar-refractivity contribution in [3.05, 3.63) is 81.4 Å². The van der Waals surface area contributed by atoms with Gasteiger partial charge in [-0.05, 0) is 37.3 Å². The Morgan fingerprint density at radius 2 is 1.92 bits per heavy atom. The molecule has 1 aromatic carbocycles. The number of aryl methyl sites for hydroxylation is 1. The van der Waals surface area contributed by atoms with Crippen LogP contribution in [0.3, 0.4) is 0 Å². The number of nitrogens with zero attached hydrogens (tertiary/aromatic N) is 5. The standard InChI is InChI=1S/C24H19ClF3N5O3/c1-14-12-32(13-29-14)18-4-5-19-22(34)31(6-7-33(19)23(18)35)8-9-36-20-11-21(24(26,27)28)30-17-10-15(25)2-3-16(17)20/h2-5,10-13H,6-9H2,1H3. The monoisotopic (exact) mass is 517 g/mol. The Balaban J connectivity index is 1.34. The third kappa shape index (κ3) is 4.41. The van der Waals surface area contributed by atoms with E-state index in [0.29, 0.717) is 11.1 Å². The normalized spacial score (nSPS) is 13.8. The molecule has 1 aliphatic heterocycles. The summed E-state index contributed by atoms with van der Waals surface area (Å²) in [5.41, 5.74) is 0.0175. The first kappa shape index (κ1) is 23.9. The number of amides is 1. The van der Waals surface area contributed by atoms with Crippen LogP contribution in [0.2, 0.25) is 5.02 Å².